The SMILES string of the molecule is CC(=O)N1CC(NC(=O)c2ccc(F)c3c(C(=O)C(=O)N4CCN(C(=O)c5ccccc5)CC4)c[nH]c23)C1. The number of benzene rings is 2. The molecule has 2 aliphatic rings. The standard InChI is InChI=1S/C27H26FN5O5/c1-16(34)33-14-18(15-33)30-25(36)19-7-8-21(28)22-20(13-29-23(19)22)24(35)27(38)32-11-9-31(10-12-32)26(37)17-5-3-2-4-6-17/h2-8,13,18,29H,9-12,14-15H2,1H3,(H,30,36). The fourth-order valence-electron chi connectivity index (χ4n) is 4.80. The first kappa shape index (κ1) is 25.1. The number of nitrogens with zero attached hydrogens (tertiary/aromatic N) is 3. The Morgan fingerprint density at radius 2 is 1.53 bits per heavy atom. The third-order valence-electron chi connectivity index (χ3n) is 7.01. The number of carbonyl (C=O) groups is 5. The molecule has 0 saturated carbocycles. The van der Waals surface area contributed by atoms with Gasteiger partial charge in [-0.2, -0.15) is 0 Å². The first-order valence-corrected chi connectivity index (χ1v) is 12.3. The molecule has 2 N–H and O–H groups in total. The van der Waals surface area contributed by atoms with Crippen LogP contribution >= 0.6 is 0 Å². The highest BCUT2D eigenvalue weighted by molar-refractivity contribution is 6.45. The second-order valence-electron chi connectivity index (χ2n) is 9.42. The average Bonchev–Trinajstić information content (AvgIpc) is 3.36. The van der Waals surface area contributed by atoms with Crippen molar-refractivity contribution >= 4 is 40.3 Å². The lowest BCUT2D eigenvalue weighted by Gasteiger charge is -2.38. The van der Waals surface area contributed by atoms with E-state index in [-0.39, 0.29) is 66.1 Å². The van der Waals surface area contributed by atoms with Gasteiger partial charge >= 0.3 is 0 Å². The predicted octanol–water partition coefficient (Wildman–Crippen LogP) is 1.43. The third-order valence-corrected chi connectivity index (χ3v) is 7.01. The molecule has 2 aliphatic heterocycles. The van der Waals surface area contributed by atoms with Crippen LogP contribution in [0.5, 0.6) is 0 Å². The third kappa shape index (κ3) is 4.62. The molecule has 5 rings (SSSR count). The molecule has 11 heteroatoms. The summed E-state index contributed by atoms with van der Waals surface area (Å²) in [6.07, 6.45) is 1.24. The monoisotopic (exact) mass is 519 g/mol. The number of hydrogen-bond donors (Lipinski definition) is 2. The highest BCUT2D eigenvalue weighted by Gasteiger charge is 2.33. The van der Waals surface area contributed by atoms with Crippen LogP contribution in [0.25, 0.3) is 10.9 Å². The molecule has 0 spiro atoms. The van der Waals surface area contributed by atoms with E-state index in [9.17, 15) is 28.4 Å². The van der Waals surface area contributed by atoms with Gasteiger partial charge in [0, 0.05) is 63.3 Å². The lowest BCUT2D eigenvalue weighted by Crippen LogP contribution is -2.60. The Labute approximate surface area is 217 Å². The minimum Gasteiger partial charge on any atom is -0.360 e. The van der Waals surface area contributed by atoms with Gasteiger partial charge in [-0.25, -0.2) is 4.39 Å². The quantitative estimate of drug-likeness (QED) is 0.390. The van der Waals surface area contributed by atoms with Crippen LogP contribution in [-0.2, 0) is 9.59 Å². The van der Waals surface area contributed by atoms with Crippen molar-refractivity contribution in [1.82, 2.24) is 25.0 Å². The number of amides is 4. The van der Waals surface area contributed by atoms with Crippen molar-refractivity contribution in [2.75, 3.05) is 39.3 Å². The van der Waals surface area contributed by atoms with Crippen LogP contribution in [0.3, 0.4) is 0 Å². The Morgan fingerprint density at radius 3 is 2.18 bits per heavy atom. The Balaban J connectivity index is 1.27. The summed E-state index contributed by atoms with van der Waals surface area (Å²) in [7, 11) is 0. The first-order chi connectivity index (χ1) is 18.2. The number of aromatic nitrogens is 1. The fraction of sp³-hybridized carbons (Fsp3) is 0.296. The van der Waals surface area contributed by atoms with Crippen molar-refractivity contribution in [2.24, 2.45) is 0 Å². The minimum atomic E-state index is -0.897. The number of ketones is 1. The number of fused-ring (bicyclic) bond motifs is 1. The second-order valence-corrected chi connectivity index (χ2v) is 9.42. The van der Waals surface area contributed by atoms with Gasteiger partial charge in [0.1, 0.15) is 5.82 Å². The topological polar surface area (TPSA) is 123 Å². The summed E-state index contributed by atoms with van der Waals surface area (Å²) in [5.41, 5.74) is 0.624. The van der Waals surface area contributed by atoms with Crippen molar-refractivity contribution in [3.8, 4) is 0 Å². The van der Waals surface area contributed by atoms with E-state index < -0.39 is 23.4 Å². The van der Waals surface area contributed by atoms with Crippen molar-refractivity contribution in [3.05, 3.63) is 71.2 Å². The highest BCUT2D eigenvalue weighted by Crippen LogP contribution is 2.26. The van der Waals surface area contributed by atoms with E-state index in [4.69, 9.17) is 0 Å². The van der Waals surface area contributed by atoms with Crippen LogP contribution in [-0.4, -0.2) is 94.4 Å². The Hall–Kier alpha value is -4.54. The molecule has 0 unspecified atom stereocenters. The minimum absolute atomic E-state index is 0.0823. The maximum atomic E-state index is 14.9. The molecule has 3 aromatic rings. The van der Waals surface area contributed by atoms with Gasteiger partial charge in [0.25, 0.3) is 23.5 Å². The molecular weight excluding hydrogens is 493 g/mol. The van der Waals surface area contributed by atoms with Crippen LogP contribution in [0.15, 0.2) is 48.7 Å². The zero-order valence-electron chi connectivity index (χ0n) is 20.7. The number of Topliss-reactive ketones (excluding diaryl/α,β-unsaturated/α-hetero) is 1. The molecule has 3 heterocycles. The van der Waals surface area contributed by atoms with Crippen LogP contribution in [0.4, 0.5) is 4.39 Å². The van der Waals surface area contributed by atoms with E-state index in [1.165, 1.54) is 24.1 Å². The number of halogens is 1. The summed E-state index contributed by atoms with van der Waals surface area (Å²) in [6.45, 7) is 3.09. The molecule has 2 aromatic carbocycles. The van der Waals surface area contributed by atoms with Gasteiger partial charge in [0.15, 0.2) is 0 Å². The van der Waals surface area contributed by atoms with Crippen molar-refractivity contribution in [1.29, 1.82) is 0 Å². The van der Waals surface area contributed by atoms with Crippen LogP contribution in [0.2, 0.25) is 0 Å². The fourth-order valence-corrected chi connectivity index (χ4v) is 4.80. The first-order valence-electron chi connectivity index (χ1n) is 12.3. The largest absolute Gasteiger partial charge is 0.360 e. The molecule has 0 radical (unpaired) electrons. The number of H-pyrrole nitrogens is 1. The van der Waals surface area contributed by atoms with E-state index in [2.05, 4.69) is 10.3 Å². The number of likely N-dealkylation sites (tertiary alicyclic amines) is 1. The summed E-state index contributed by atoms with van der Waals surface area (Å²) in [5, 5.41) is 2.67. The van der Waals surface area contributed by atoms with Crippen molar-refractivity contribution in [2.45, 2.75) is 13.0 Å². The smallest absolute Gasteiger partial charge is 0.295 e. The highest BCUT2D eigenvalue weighted by atomic mass is 19.1. The summed E-state index contributed by atoms with van der Waals surface area (Å²) < 4.78 is 14.9. The number of rotatable bonds is 5. The van der Waals surface area contributed by atoms with E-state index in [1.807, 2.05) is 6.07 Å². The van der Waals surface area contributed by atoms with E-state index >= 15 is 0 Å². The average molecular weight is 520 g/mol. The normalized spacial score (nSPS) is 15.8. The molecule has 196 valence electrons. The second kappa shape index (κ2) is 10.1. The van der Waals surface area contributed by atoms with Crippen LogP contribution in [0, 0.1) is 5.82 Å². The lowest BCUT2D eigenvalue weighted by molar-refractivity contribution is -0.133. The molecule has 38 heavy (non-hydrogen) atoms. The van der Waals surface area contributed by atoms with E-state index in [0.29, 0.717) is 18.7 Å². The molecule has 4 amide bonds. The molecule has 1 aromatic heterocycles. The number of hydrogen-bond acceptors (Lipinski definition) is 5. The summed E-state index contributed by atoms with van der Waals surface area (Å²) >= 11 is 0. The number of piperazine rings is 1. The van der Waals surface area contributed by atoms with Gasteiger partial charge in [-0.1, -0.05) is 18.2 Å². The van der Waals surface area contributed by atoms with Gasteiger partial charge in [-0.05, 0) is 24.3 Å². The van der Waals surface area contributed by atoms with Crippen molar-refractivity contribution in [3.63, 3.8) is 0 Å². The molecule has 2 fully saturated rings. The van der Waals surface area contributed by atoms with Gasteiger partial charge < -0.3 is 25.0 Å². The van der Waals surface area contributed by atoms with Gasteiger partial charge in [-0.15, -0.1) is 0 Å². The number of nitrogens with one attached hydrogen (secondary N) is 2. The van der Waals surface area contributed by atoms with Crippen LogP contribution in [0.1, 0.15) is 38.0 Å². The van der Waals surface area contributed by atoms with Gasteiger partial charge in [0.05, 0.1) is 22.7 Å². The summed E-state index contributed by atoms with van der Waals surface area (Å²) in [4.78, 5) is 70.4. The Kier molecular flexibility index (Phi) is 6.66. The zero-order valence-corrected chi connectivity index (χ0v) is 20.7. The lowest BCUT2D eigenvalue weighted by atomic mass is 10.0. The van der Waals surface area contributed by atoms with Crippen molar-refractivity contribution < 1.29 is 28.4 Å². The summed E-state index contributed by atoms with van der Waals surface area (Å²) in [6, 6.07) is 11.0. The Morgan fingerprint density at radius 1 is 0.868 bits per heavy atom. The number of carbonyl (C=O) groups excluding carboxylic acids is 5. The Bertz CT molecular complexity index is 1440. The van der Waals surface area contributed by atoms with E-state index in [1.54, 1.807) is 34.1 Å². The molecular formula is C27H26FN5O5. The molecule has 0 aliphatic carbocycles. The maximum absolute atomic E-state index is 14.9. The van der Waals surface area contributed by atoms with E-state index in [0.717, 1.165) is 6.07 Å². The molecule has 10 nitrogen and oxygen atoms in total. The predicted molar refractivity (Wildman–Crippen MR) is 135 cm³/mol. The van der Waals surface area contributed by atoms with Gasteiger partial charge in [-0.3, -0.25) is 24.0 Å². The zero-order chi connectivity index (χ0) is 27.0. The summed E-state index contributed by atoms with van der Waals surface area (Å²) in [5.74, 6) is -3.14. The molecule has 2 saturated heterocycles. The van der Waals surface area contributed by atoms with Gasteiger partial charge in [0.2, 0.25) is 5.91 Å². The maximum Gasteiger partial charge on any atom is 0.295 e. The number of aromatic amines is 1. The molecule has 0 atom stereocenters. The van der Waals surface area contributed by atoms with Crippen LogP contribution < -0.4 is 5.32 Å². The molecule has 0 bridgehead atoms.